The van der Waals surface area contributed by atoms with E-state index in [0.717, 1.165) is 26.2 Å². The van der Waals surface area contributed by atoms with Gasteiger partial charge in [0.15, 0.2) is 0 Å². The Labute approximate surface area is 139 Å². The average molecular weight is 318 g/mol. The molecule has 0 amide bonds. The van der Waals surface area contributed by atoms with Crippen LogP contribution in [0.1, 0.15) is 28.3 Å². The molecule has 2 heterocycles. The molecule has 0 spiro atoms. The molecule has 1 fully saturated rings. The molecule has 0 radical (unpaired) electrons. The van der Waals surface area contributed by atoms with Crippen LogP contribution < -0.4 is 5.32 Å². The van der Waals surface area contributed by atoms with Gasteiger partial charge in [0.25, 0.3) is 0 Å². The fourth-order valence-corrected chi connectivity index (χ4v) is 3.23. The van der Waals surface area contributed by atoms with Gasteiger partial charge in [0.05, 0.1) is 0 Å². The molecular formula is C18H24ClN3. The summed E-state index contributed by atoms with van der Waals surface area (Å²) in [5, 5.41) is 3.50. The van der Waals surface area contributed by atoms with Crippen molar-refractivity contribution in [2.24, 2.45) is 0 Å². The summed E-state index contributed by atoms with van der Waals surface area (Å²) in [6.07, 6.45) is 3.83. The van der Waals surface area contributed by atoms with Gasteiger partial charge < -0.3 is 5.32 Å². The van der Waals surface area contributed by atoms with Crippen LogP contribution in [-0.4, -0.2) is 29.5 Å². The van der Waals surface area contributed by atoms with Gasteiger partial charge in [-0.25, -0.2) is 0 Å². The SMILES string of the molecule is Cc1cc(C)cc(CN2CCNCC2c2cccnc2)c1.Cl. The molecule has 1 aliphatic heterocycles. The number of nitrogens with zero attached hydrogens (tertiary/aromatic N) is 2. The second kappa shape index (κ2) is 7.73. The molecule has 0 aliphatic carbocycles. The molecule has 1 N–H and O–H groups in total. The van der Waals surface area contributed by atoms with Crippen LogP contribution in [0.2, 0.25) is 0 Å². The van der Waals surface area contributed by atoms with Crippen molar-refractivity contribution < 1.29 is 0 Å². The zero-order valence-corrected chi connectivity index (χ0v) is 14.1. The largest absolute Gasteiger partial charge is 0.314 e. The van der Waals surface area contributed by atoms with Gasteiger partial charge in [-0.05, 0) is 31.0 Å². The first-order valence-corrected chi connectivity index (χ1v) is 7.64. The molecule has 1 saturated heterocycles. The number of aromatic nitrogens is 1. The van der Waals surface area contributed by atoms with Crippen molar-refractivity contribution in [3.8, 4) is 0 Å². The minimum absolute atomic E-state index is 0. The summed E-state index contributed by atoms with van der Waals surface area (Å²) >= 11 is 0. The third-order valence-corrected chi connectivity index (χ3v) is 4.09. The molecule has 2 aromatic rings. The van der Waals surface area contributed by atoms with Gasteiger partial charge in [0.2, 0.25) is 0 Å². The van der Waals surface area contributed by atoms with Crippen LogP contribution >= 0.6 is 12.4 Å². The van der Waals surface area contributed by atoms with E-state index in [2.05, 4.69) is 53.3 Å². The van der Waals surface area contributed by atoms with Crippen LogP contribution in [0.25, 0.3) is 0 Å². The van der Waals surface area contributed by atoms with Gasteiger partial charge in [0.1, 0.15) is 0 Å². The van der Waals surface area contributed by atoms with Crippen LogP contribution in [-0.2, 0) is 6.54 Å². The average Bonchev–Trinajstić information content (AvgIpc) is 2.48. The van der Waals surface area contributed by atoms with E-state index in [1.807, 2.05) is 18.5 Å². The zero-order valence-electron chi connectivity index (χ0n) is 13.2. The highest BCUT2D eigenvalue weighted by atomic mass is 35.5. The van der Waals surface area contributed by atoms with E-state index in [4.69, 9.17) is 0 Å². The molecule has 1 unspecified atom stereocenters. The standard InChI is InChI=1S/C18H23N3.ClH/c1-14-8-15(2)10-16(9-14)13-21-7-6-20-12-18(21)17-4-3-5-19-11-17;/h3-5,8-11,18,20H,6-7,12-13H2,1-2H3;1H. The number of benzene rings is 1. The van der Waals surface area contributed by atoms with Crippen molar-refractivity contribution in [2.45, 2.75) is 26.4 Å². The third-order valence-electron chi connectivity index (χ3n) is 4.09. The maximum atomic E-state index is 4.28. The first-order valence-electron chi connectivity index (χ1n) is 7.64. The van der Waals surface area contributed by atoms with E-state index >= 15 is 0 Å². The van der Waals surface area contributed by atoms with Crippen molar-refractivity contribution in [1.29, 1.82) is 0 Å². The van der Waals surface area contributed by atoms with Crippen molar-refractivity contribution in [3.63, 3.8) is 0 Å². The maximum Gasteiger partial charge on any atom is 0.0491 e. The van der Waals surface area contributed by atoms with Crippen LogP contribution in [0, 0.1) is 13.8 Å². The van der Waals surface area contributed by atoms with Crippen LogP contribution in [0.4, 0.5) is 0 Å². The van der Waals surface area contributed by atoms with Gasteiger partial charge in [0, 0.05) is 44.6 Å². The summed E-state index contributed by atoms with van der Waals surface area (Å²) < 4.78 is 0. The maximum absolute atomic E-state index is 4.28. The minimum atomic E-state index is 0. The fraction of sp³-hybridized carbons (Fsp3) is 0.389. The summed E-state index contributed by atoms with van der Waals surface area (Å²) in [5.41, 5.74) is 5.40. The highest BCUT2D eigenvalue weighted by Crippen LogP contribution is 2.24. The summed E-state index contributed by atoms with van der Waals surface area (Å²) in [5.74, 6) is 0. The molecule has 3 nitrogen and oxygen atoms in total. The van der Waals surface area contributed by atoms with Gasteiger partial charge in [-0.3, -0.25) is 9.88 Å². The van der Waals surface area contributed by atoms with E-state index in [1.165, 1.54) is 22.3 Å². The quantitative estimate of drug-likeness (QED) is 0.941. The predicted octanol–water partition coefficient (Wildman–Crippen LogP) is 3.27. The lowest BCUT2D eigenvalue weighted by Gasteiger charge is -2.36. The number of piperazine rings is 1. The zero-order chi connectivity index (χ0) is 14.7. The Morgan fingerprint density at radius 2 is 2.00 bits per heavy atom. The lowest BCUT2D eigenvalue weighted by molar-refractivity contribution is 0.153. The number of hydrogen-bond donors (Lipinski definition) is 1. The monoisotopic (exact) mass is 317 g/mol. The number of hydrogen-bond acceptors (Lipinski definition) is 3. The van der Waals surface area contributed by atoms with Crippen molar-refractivity contribution >= 4 is 12.4 Å². The van der Waals surface area contributed by atoms with Gasteiger partial charge in [-0.15, -0.1) is 12.4 Å². The normalized spacial score (nSPS) is 18.7. The third kappa shape index (κ3) is 4.07. The molecule has 3 rings (SSSR count). The van der Waals surface area contributed by atoms with Gasteiger partial charge in [-0.1, -0.05) is 35.4 Å². The second-order valence-electron chi connectivity index (χ2n) is 5.97. The van der Waals surface area contributed by atoms with Gasteiger partial charge >= 0.3 is 0 Å². The topological polar surface area (TPSA) is 28.2 Å². The van der Waals surface area contributed by atoms with E-state index in [0.29, 0.717) is 6.04 Å². The van der Waals surface area contributed by atoms with E-state index in [9.17, 15) is 0 Å². The van der Waals surface area contributed by atoms with Crippen LogP contribution in [0.5, 0.6) is 0 Å². The van der Waals surface area contributed by atoms with Crippen LogP contribution in [0.15, 0.2) is 42.7 Å². The summed E-state index contributed by atoms with van der Waals surface area (Å²) in [7, 11) is 0. The number of pyridine rings is 1. The molecule has 0 bridgehead atoms. The molecule has 1 atom stereocenters. The Balaban J connectivity index is 0.00000176. The smallest absolute Gasteiger partial charge is 0.0491 e. The van der Waals surface area contributed by atoms with E-state index < -0.39 is 0 Å². The van der Waals surface area contributed by atoms with Crippen molar-refractivity contribution in [2.75, 3.05) is 19.6 Å². The molecule has 4 heteroatoms. The highest BCUT2D eigenvalue weighted by molar-refractivity contribution is 5.85. The van der Waals surface area contributed by atoms with Crippen molar-refractivity contribution in [3.05, 3.63) is 65.0 Å². The Morgan fingerprint density at radius 3 is 2.68 bits per heavy atom. The first kappa shape index (κ1) is 16.9. The second-order valence-corrected chi connectivity index (χ2v) is 5.97. The lowest BCUT2D eigenvalue weighted by Crippen LogP contribution is -2.45. The minimum Gasteiger partial charge on any atom is -0.314 e. The van der Waals surface area contributed by atoms with Crippen LogP contribution in [0.3, 0.4) is 0 Å². The Bertz CT molecular complexity index is 580. The number of halogens is 1. The molecule has 0 saturated carbocycles. The van der Waals surface area contributed by atoms with E-state index in [-0.39, 0.29) is 12.4 Å². The fourth-order valence-electron chi connectivity index (χ4n) is 3.23. The summed E-state index contributed by atoms with van der Waals surface area (Å²) in [4.78, 5) is 6.83. The summed E-state index contributed by atoms with van der Waals surface area (Å²) in [6.45, 7) is 8.48. The Kier molecular flexibility index (Phi) is 5.95. The Hall–Kier alpha value is -1.42. The first-order chi connectivity index (χ1) is 10.2. The van der Waals surface area contributed by atoms with Crippen molar-refractivity contribution in [1.82, 2.24) is 15.2 Å². The van der Waals surface area contributed by atoms with E-state index in [1.54, 1.807) is 0 Å². The molecule has 1 aliphatic rings. The number of rotatable bonds is 3. The number of aryl methyl sites for hydroxylation is 2. The molecule has 22 heavy (non-hydrogen) atoms. The molecule has 1 aromatic heterocycles. The lowest BCUT2D eigenvalue weighted by atomic mass is 10.0. The Morgan fingerprint density at radius 1 is 1.23 bits per heavy atom. The highest BCUT2D eigenvalue weighted by Gasteiger charge is 2.23. The number of nitrogens with one attached hydrogen (secondary N) is 1. The predicted molar refractivity (Wildman–Crippen MR) is 93.4 cm³/mol. The summed E-state index contributed by atoms with van der Waals surface area (Å²) in [6, 6.07) is 11.5. The molecular weight excluding hydrogens is 294 g/mol. The molecule has 118 valence electrons. The van der Waals surface area contributed by atoms with Gasteiger partial charge in [-0.2, -0.15) is 0 Å². The molecule has 1 aromatic carbocycles.